The number of nitrogens with zero attached hydrogens (tertiary/aromatic N) is 2. The molecule has 0 radical (unpaired) electrons. The van der Waals surface area contributed by atoms with Crippen LogP contribution in [0.15, 0.2) is 30.6 Å². The number of aryl methyl sites for hydroxylation is 2. The first-order valence-electron chi connectivity index (χ1n) is 5.53. The smallest absolute Gasteiger partial charge is 0.135 e. The van der Waals surface area contributed by atoms with E-state index in [1.54, 1.807) is 6.33 Å². The zero-order valence-electron chi connectivity index (χ0n) is 10.3. The van der Waals surface area contributed by atoms with Crippen LogP contribution >= 0.6 is 0 Å². The molecule has 1 heterocycles. The van der Waals surface area contributed by atoms with Gasteiger partial charge in [-0.2, -0.15) is 0 Å². The van der Waals surface area contributed by atoms with E-state index >= 15 is 0 Å². The van der Waals surface area contributed by atoms with Gasteiger partial charge in [-0.25, -0.2) is 9.97 Å². The lowest BCUT2D eigenvalue weighted by molar-refractivity contribution is 1.15. The molecule has 0 unspecified atom stereocenters. The molecule has 0 aliphatic carbocycles. The topological polar surface area (TPSA) is 49.8 Å². The molecule has 2 rings (SSSR count). The third-order valence-electron chi connectivity index (χ3n) is 2.66. The fourth-order valence-electron chi connectivity index (χ4n) is 1.70. The number of para-hydroxylation sites is 1. The Balaban J connectivity index is 2.31. The van der Waals surface area contributed by atoms with Crippen molar-refractivity contribution in [2.75, 3.05) is 17.7 Å². The number of anilines is 3. The van der Waals surface area contributed by atoms with Crippen LogP contribution < -0.4 is 10.6 Å². The summed E-state index contributed by atoms with van der Waals surface area (Å²) >= 11 is 0. The lowest BCUT2D eigenvalue weighted by atomic mass is 10.1. The van der Waals surface area contributed by atoms with Crippen LogP contribution in [0.1, 0.15) is 11.1 Å². The first kappa shape index (κ1) is 11.4. The Morgan fingerprint density at radius 3 is 2.29 bits per heavy atom. The molecule has 0 atom stereocenters. The van der Waals surface area contributed by atoms with Crippen molar-refractivity contribution < 1.29 is 0 Å². The molecule has 1 aromatic carbocycles. The lowest BCUT2D eigenvalue weighted by Gasteiger charge is -2.12. The fraction of sp³-hybridized carbons (Fsp3) is 0.231. The minimum atomic E-state index is 0.793. The molecule has 0 fully saturated rings. The van der Waals surface area contributed by atoms with Crippen LogP contribution in [-0.2, 0) is 0 Å². The molecular formula is C13H16N4. The predicted molar refractivity (Wildman–Crippen MR) is 70.8 cm³/mol. The largest absolute Gasteiger partial charge is 0.373 e. The van der Waals surface area contributed by atoms with Crippen molar-refractivity contribution in [3.8, 4) is 0 Å². The summed E-state index contributed by atoms with van der Waals surface area (Å²) < 4.78 is 0. The van der Waals surface area contributed by atoms with Crippen LogP contribution in [0, 0.1) is 13.8 Å². The maximum atomic E-state index is 4.20. The molecule has 0 spiro atoms. The number of rotatable bonds is 3. The third-order valence-corrected chi connectivity index (χ3v) is 2.66. The van der Waals surface area contributed by atoms with Gasteiger partial charge in [0.05, 0.1) is 0 Å². The van der Waals surface area contributed by atoms with E-state index in [0.29, 0.717) is 0 Å². The molecule has 0 saturated carbocycles. The van der Waals surface area contributed by atoms with Gasteiger partial charge in [0, 0.05) is 18.8 Å². The van der Waals surface area contributed by atoms with Crippen molar-refractivity contribution in [3.05, 3.63) is 41.7 Å². The van der Waals surface area contributed by atoms with Gasteiger partial charge in [0.2, 0.25) is 0 Å². The van der Waals surface area contributed by atoms with E-state index < -0.39 is 0 Å². The average Bonchev–Trinajstić information content (AvgIpc) is 2.34. The highest BCUT2D eigenvalue weighted by Gasteiger charge is 2.03. The van der Waals surface area contributed by atoms with Crippen molar-refractivity contribution in [2.24, 2.45) is 0 Å². The Morgan fingerprint density at radius 1 is 1.00 bits per heavy atom. The van der Waals surface area contributed by atoms with Gasteiger partial charge in [-0.1, -0.05) is 18.2 Å². The van der Waals surface area contributed by atoms with Crippen molar-refractivity contribution >= 4 is 17.3 Å². The summed E-state index contributed by atoms with van der Waals surface area (Å²) in [6, 6.07) is 8.09. The van der Waals surface area contributed by atoms with Crippen molar-refractivity contribution in [2.45, 2.75) is 13.8 Å². The van der Waals surface area contributed by atoms with E-state index in [-0.39, 0.29) is 0 Å². The quantitative estimate of drug-likeness (QED) is 0.848. The molecule has 2 N–H and O–H groups in total. The highest BCUT2D eigenvalue weighted by Crippen LogP contribution is 2.23. The SMILES string of the molecule is CNc1cc(Nc2c(C)cccc2C)ncn1. The van der Waals surface area contributed by atoms with Crippen LogP contribution in [0.5, 0.6) is 0 Å². The summed E-state index contributed by atoms with van der Waals surface area (Å²) in [6.07, 6.45) is 1.54. The second kappa shape index (κ2) is 4.82. The fourth-order valence-corrected chi connectivity index (χ4v) is 1.70. The lowest BCUT2D eigenvalue weighted by Crippen LogP contribution is -2.00. The Bertz CT molecular complexity index is 502. The van der Waals surface area contributed by atoms with Gasteiger partial charge in [-0.15, -0.1) is 0 Å². The first-order valence-corrected chi connectivity index (χ1v) is 5.53. The number of aromatic nitrogens is 2. The highest BCUT2D eigenvalue weighted by molar-refractivity contribution is 5.65. The second-order valence-corrected chi connectivity index (χ2v) is 3.93. The molecule has 0 bridgehead atoms. The summed E-state index contributed by atoms with van der Waals surface area (Å²) in [5.41, 5.74) is 3.51. The molecule has 17 heavy (non-hydrogen) atoms. The van der Waals surface area contributed by atoms with E-state index in [9.17, 15) is 0 Å². The summed E-state index contributed by atoms with van der Waals surface area (Å²) in [7, 11) is 1.84. The van der Waals surface area contributed by atoms with E-state index in [2.05, 4.69) is 52.6 Å². The molecule has 0 aliphatic heterocycles. The molecule has 4 heteroatoms. The molecule has 2 aromatic rings. The average molecular weight is 228 g/mol. The third kappa shape index (κ3) is 2.53. The van der Waals surface area contributed by atoms with Crippen LogP contribution in [0.3, 0.4) is 0 Å². The standard InChI is InChI=1S/C13H16N4/c1-9-5-4-6-10(2)13(9)17-12-7-11(14-3)15-8-16-12/h4-8H,1-3H3,(H2,14,15,16,17). The molecule has 0 aliphatic rings. The highest BCUT2D eigenvalue weighted by atomic mass is 15.1. The normalized spacial score (nSPS) is 10.1. The van der Waals surface area contributed by atoms with Gasteiger partial charge in [0.15, 0.2) is 0 Å². The van der Waals surface area contributed by atoms with E-state index in [0.717, 1.165) is 17.3 Å². The maximum Gasteiger partial charge on any atom is 0.135 e. The Kier molecular flexibility index (Phi) is 3.23. The van der Waals surface area contributed by atoms with E-state index in [1.807, 2.05) is 13.1 Å². The zero-order valence-corrected chi connectivity index (χ0v) is 10.3. The Hall–Kier alpha value is -2.10. The number of nitrogens with one attached hydrogen (secondary N) is 2. The Morgan fingerprint density at radius 2 is 1.65 bits per heavy atom. The number of benzene rings is 1. The Labute approximate surface area is 101 Å². The first-order chi connectivity index (χ1) is 8.20. The molecule has 0 amide bonds. The van der Waals surface area contributed by atoms with Crippen LogP contribution in [0.25, 0.3) is 0 Å². The van der Waals surface area contributed by atoms with Crippen molar-refractivity contribution in [1.29, 1.82) is 0 Å². The molecule has 0 saturated heterocycles. The van der Waals surface area contributed by atoms with E-state index in [4.69, 9.17) is 0 Å². The summed E-state index contributed by atoms with van der Waals surface area (Å²) in [5.74, 6) is 1.59. The van der Waals surface area contributed by atoms with Crippen molar-refractivity contribution in [3.63, 3.8) is 0 Å². The summed E-state index contributed by atoms with van der Waals surface area (Å²) in [6.45, 7) is 4.16. The summed E-state index contributed by atoms with van der Waals surface area (Å²) in [5, 5.41) is 6.32. The van der Waals surface area contributed by atoms with Crippen LogP contribution in [-0.4, -0.2) is 17.0 Å². The number of hydrogen-bond donors (Lipinski definition) is 2. The number of hydrogen-bond acceptors (Lipinski definition) is 4. The monoisotopic (exact) mass is 228 g/mol. The molecule has 88 valence electrons. The minimum Gasteiger partial charge on any atom is -0.373 e. The molecule has 4 nitrogen and oxygen atoms in total. The maximum absolute atomic E-state index is 4.20. The van der Waals surface area contributed by atoms with E-state index in [1.165, 1.54) is 11.1 Å². The van der Waals surface area contributed by atoms with Gasteiger partial charge in [-0.05, 0) is 25.0 Å². The van der Waals surface area contributed by atoms with Crippen molar-refractivity contribution in [1.82, 2.24) is 9.97 Å². The van der Waals surface area contributed by atoms with Gasteiger partial charge in [0.25, 0.3) is 0 Å². The van der Waals surface area contributed by atoms with Crippen LogP contribution in [0.2, 0.25) is 0 Å². The van der Waals surface area contributed by atoms with Gasteiger partial charge < -0.3 is 10.6 Å². The predicted octanol–water partition coefficient (Wildman–Crippen LogP) is 2.88. The summed E-state index contributed by atoms with van der Waals surface area (Å²) in [4.78, 5) is 8.28. The van der Waals surface area contributed by atoms with Gasteiger partial charge >= 0.3 is 0 Å². The minimum absolute atomic E-state index is 0.793. The second-order valence-electron chi connectivity index (χ2n) is 3.93. The zero-order chi connectivity index (χ0) is 12.3. The van der Waals surface area contributed by atoms with Crippen LogP contribution in [0.4, 0.5) is 17.3 Å². The van der Waals surface area contributed by atoms with Gasteiger partial charge in [-0.3, -0.25) is 0 Å². The molecular weight excluding hydrogens is 212 g/mol. The molecule has 1 aromatic heterocycles. The van der Waals surface area contributed by atoms with Gasteiger partial charge in [0.1, 0.15) is 18.0 Å².